The largest absolute Gasteiger partial charge is 0.350 e. The number of imidazole rings is 1. The van der Waals surface area contributed by atoms with Gasteiger partial charge in [-0.1, -0.05) is 0 Å². The van der Waals surface area contributed by atoms with Crippen molar-refractivity contribution >= 4 is 17.0 Å². The first-order chi connectivity index (χ1) is 14.6. The number of fused-ring (bicyclic) bond motifs is 1. The lowest BCUT2D eigenvalue weighted by molar-refractivity contribution is 0.489. The zero-order valence-electron chi connectivity index (χ0n) is 15.8. The molecule has 1 saturated heterocycles. The Morgan fingerprint density at radius 1 is 1.10 bits per heavy atom. The predicted octanol–water partition coefficient (Wildman–Crippen LogP) is 2.52. The van der Waals surface area contributed by atoms with Crippen LogP contribution in [0.5, 0.6) is 0 Å². The Morgan fingerprint density at radius 3 is 2.77 bits per heavy atom. The van der Waals surface area contributed by atoms with E-state index in [2.05, 4.69) is 29.9 Å². The molecule has 5 rings (SSSR count). The second-order valence-electron chi connectivity index (χ2n) is 7.18. The van der Waals surface area contributed by atoms with E-state index >= 15 is 0 Å². The normalized spacial score (nSPS) is 16.5. The van der Waals surface area contributed by atoms with Crippen molar-refractivity contribution in [2.75, 3.05) is 11.4 Å². The topological polar surface area (TPSA) is 92.6 Å². The number of halogens is 2. The Kier molecular flexibility index (Phi) is 4.46. The zero-order valence-corrected chi connectivity index (χ0v) is 15.8. The van der Waals surface area contributed by atoms with E-state index in [1.54, 1.807) is 6.33 Å². The quantitative estimate of drug-likeness (QED) is 0.557. The van der Waals surface area contributed by atoms with Crippen LogP contribution in [0.15, 0.2) is 47.8 Å². The van der Waals surface area contributed by atoms with Crippen LogP contribution in [0.25, 0.3) is 22.4 Å². The van der Waals surface area contributed by atoms with Gasteiger partial charge in [0, 0.05) is 24.2 Å². The molecule has 0 saturated carbocycles. The molecular formula is C20H17F2N7O. The third kappa shape index (κ3) is 3.30. The highest BCUT2D eigenvalue weighted by atomic mass is 19.1. The van der Waals surface area contributed by atoms with Crippen molar-refractivity contribution in [2.45, 2.75) is 25.4 Å². The molecule has 152 valence electrons. The van der Waals surface area contributed by atoms with Crippen LogP contribution in [0.4, 0.5) is 14.6 Å². The predicted molar refractivity (Wildman–Crippen MR) is 106 cm³/mol. The fourth-order valence-corrected chi connectivity index (χ4v) is 3.91. The summed E-state index contributed by atoms with van der Waals surface area (Å²) in [5.74, 6) is -0.658. The zero-order chi connectivity index (χ0) is 20.7. The Hall–Kier alpha value is -3.69. The lowest BCUT2D eigenvalue weighted by Crippen LogP contribution is -2.37. The van der Waals surface area contributed by atoms with E-state index in [-0.39, 0.29) is 17.2 Å². The van der Waals surface area contributed by atoms with Gasteiger partial charge in [-0.2, -0.15) is 5.10 Å². The van der Waals surface area contributed by atoms with Crippen LogP contribution in [0.3, 0.4) is 0 Å². The summed E-state index contributed by atoms with van der Waals surface area (Å²) in [6, 6.07) is 6.00. The molecule has 30 heavy (non-hydrogen) atoms. The summed E-state index contributed by atoms with van der Waals surface area (Å²) in [5, 5.41) is 4.36. The first-order valence-electron chi connectivity index (χ1n) is 9.54. The fraction of sp³-hybridized carbons (Fsp3) is 0.250. The van der Waals surface area contributed by atoms with Crippen LogP contribution in [0.1, 0.15) is 12.8 Å². The molecule has 0 aliphatic carbocycles. The highest BCUT2D eigenvalue weighted by molar-refractivity contribution is 5.83. The maximum atomic E-state index is 13.6. The highest BCUT2D eigenvalue weighted by Gasteiger charge is 2.28. The van der Waals surface area contributed by atoms with Gasteiger partial charge in [-0.3, -0.25) is 4.79 Å². The van der Waals surface area contributed by atoms with E-state index in [9.17, 15) is 13.6 Å². The van der Waals surface area contributed by atoms with E-state index in [4.69, 9.17) is 0 Å². The summed E-state index contributed by atoms with van der Waals surface area (Å²) < 4.78 is 28.5. The van der Waals surface area contributed by atoms with Gasteiger partial charge in [0.25, 0.3) is 5.56 Å². The highest BCUT2D eigenvalue weighted by Crippen LogP contribution is 2.28. The Balaban J connectivity index is 1.48. The molecule has 0 amide bonds. The van der Waals surface area contributed by atoms with Crippen LogP contribution in [0, 0.1) is 11.6 Å². The number of anilines is 1. The van der Waals surface area contributed by atoms with Gasteiger partial charge in [0.05, 0.1) is 24.6 Å². The van der Waals surface area contributed by atoms with Crippen LogP contribution >= 0.6 is 0 Å². The molecule has 0 radical (unpaired) electrons. The molecule has 1 N–H and O–H groups in total. The second-order valence-corrected chi connectivity index (χ2v) is 7.18. The van der Waals surface area contributed by atoms with Gasteiger partial charge < -0.3 is 9.88 Å². The van der Waals surface area contributed by atoms with E-state index in [1.165, 1.54) is 35.3 Å². The molecule has 4 heterocycles. The van der Waals surface area contributed by atoms with Gasteiger partial charge in [0.15, 0.2) is 11.5 Å². The number of aromatic amines is 1. The summed E-state index contributed by atoms with van der Waals surface area (Å²) in [7, 11) is 0. The lowest BCUT2D eigenvalue weighted by Gasteiger charge is -2.26. The molecule has 1 atom stereocenters. The van der Waals surface area contributed by atoms with Crippen molar-refractivity contribution in [1.82, 2.24) is 29.7 Å². The Bertz CT molecular complexity index is 1270. The molecule has 1 aliphatic heterocycles. The number of nitrogens with zero attached hydrogens (tertiary/aromatic N) is 6. The minimum absolute atomic E-state index is 0.0175. The number of rotatable bonds is 4. The molecular weight excluding hydrogens is 392 g/mol. The first kappa shape index (κ1) is 18.3. The Labute approximate surface area is 169 Å². The van der Waals surface area contributed by atoms with Gasteiger partial charge in [-0.15, -0.1) is 0 Å². The van der Waals surface area contributed by atoms with Crippen molar-refractivity contribution in [3.05, 3.63) is 65.0 Å². The van der Waals surface area contributed by atoms with Crippen LogP contribution in [-0.2, 0) is 6.54 Å². The third-order valence-corrected chi connectivity index (χ3v) is 5.26. The average Bonchev–Trinajstić information content (AvgIpc) is 3.38. The van der Waals surface area contributed by atoms with Gasteiger partial charge >= 0.3 is 0 Å². The number of hydrogen-bond donors (Lipinski definition) is 1. The molecule has 4 aromatic rings. The minimum atomic E-state index is -0.696. The first-order valence-corrected chi connectivity index (χ1v) is 9.54. The molecule has 8 nitrogen and oxygen atoms in total. The molecule has 0 spiro atoms. The van der Waals surface area contributed by atoms with Crippen molar-refractivity contribution in [3.8, 4) is 11.3 Å². The fourth-order valence-electron chi connectivity index (χ4n) is 3.91. The van der Waals surface area contributed by atoms with Crippen LogP contribution in [0.2, 0.25) is 0 Å². The molecule has 1 fully saturated rings. The minimum Gasteiger partial charge on any atom is -0.350 e. The number of nitrogens with one attached hydrogen (secondary N) is 1. The maximum absolute atomic E-state index is 13.6. The van der Waals surface area contributed by atoms with Crippen molar-refractivity contribution < 1.29 is 8.78 Å². The summed E-state index contributed by atoms with van der Waals surface area (Å²) in [6.07, 6.45) is 4.83. The van der Waals surface area contributed by atoms with E-state index < -0.39 is 11.6 Å². The SMILES string of the molecule is O=c1ccc(-c2cc(F)cc(F)c2)nn1CC1CCCN1c1ncnc2nc[nH]c12. The van der Waals surface area contributed by atoms with Crippen LogP contribution in [-0.4, -0.2) is 42.3 Å². The monoisotopic (exact) mass is 409 g/mol. The summed E-state index contributed by atoms with van der Waals surface area (Å²) in [5.41, 5.74) is 1.65. The van der Waals surface area contributed by atoms with Crippen molar-refractivity contribution in [2.24, 2.45) is 0 Å². The summed E-state index contributed by atoms with van der Waals surface area (Å²) in [4.78, 5) is 30.3. The molecule has 1 unspecified atom stereocenters. The third-order valence-electron chi connectivity index (χ3n) is 5.26. The van der Waals surface area contributed by atoms with Gasteiger partial charge in [0.1, 0.15) is 23.5 Å². The van der Waals surface area contributed by atoms with Gasteiger partial charge in [-0.25, -0.2) is 28.4 Å². The molecule has 0 bridgehead atoms. The molecule has 3 aromatic heterocycles. The average molecular weight is 409 g/mol. The van der Waals surface area contributed by atoms with Gasteiger partial charge in [0.2, 0.25) is 0 Å². The number of aromatic nitrogens is 6. The smallest absolute Gasteiger partial charge is 0.266 e. The molecule has 1 aliphatic rings. The number of benzene rings is 1. The number of H-pyrrole nitrogens is 1. The summed E-state index contributed by atoms with van der Waals surface area (Å²) in [6.45, 7) is 1.10. The van der Waals surface area contributed by atoms with E-state index in [0.717, 1.165) is 36.8 Å². The standard InChI is InChI=1S/C20H17F2N7O/c21-13-6-12(7-14(22)8-13)16-3-4-17(30)29(27-16)9-15-2-1-5-28(15)20-18-19(24-10-23-18)25-11-26-20/h3-4,6-8,10-11,15H,1-2,5,9H2,(H,23,24,25,26). The maximum Gasteiger partial charge on any atom is 0.266 e. The molecule has 10 heteroatoms. The lowest BCUT2D eigenvalue weighted by atomic mass is 10.1. The summed E-state index contributed by atoms with van der Waals surface area (Å²) >= 11 is 0. The number of hydrogen-bond acceptors (Lipinski definition) is 6. The van der Waals surface area contributed by atoms with E-state index in [1.807, 2.05) is 0 Å². The molecule has 1 aromatic carbocycles. The van der Waals surface area contributed by atoms with Crippen LogP contribution < -0.4 is 10.5 Å². The van der Waals surface area contributed by atoms with Gasteiger partial charge in [-0.05, 0) is 31.0 Å². The Morgan fingerprint density at radius 2 is 1.93 bits per heavy atom. The van der Waals surface area contributed by atoms with E-state index in [0.29, 0.717) is 17.9 Å². The second kappa shape index (κ2) is 7.29. The van der Waals surface area contributed by atoms with Crippen molar-refractivity contribution in [3.63, 3.8) is 0 Å². The van der Waals surface area contributed by atoms with Crippen molar-refractivity contribution in [1.29, 1.82) is 0 Å².